The number of carbonyl (C=O) groups excluding carboxylic acids is 1. The number of hydrogen-bond acceptors (Lipinski definition) is 5. The van der Waals surface area contributed by atoms with Gasteiger partial charge in [-0.25, -0.2) is 0 Å². The van der Waals surface area contributed by atoms with E-state index >= 15 is 0 Å². The van der Waals surface area contributed by atoms with Crippen molar-refractivity contribution in [1.82, 2.24) is 5.32 Å². The molecule has 0 saturated heterocycles. The number of amides is 1. The Balaban J connectivity index is 2.07. The highest BCUT2D eigenvalue weighted by atomic mass is 19.4. The predicted octanol–water partition coefficient (Wildman–Crippen LogP) is 3.77. The fraction of sp³-hybridized carbons (Fsp3) is 0.333. The summed E-state index contributed by atoms with van der Waals surface area (Å²) in [6, 6.07) is 9.02. The van der Waals surface area contributed by atoms with Crippen molar-refractivity contribution in [2.24, 2.45) is 0 Å². The van der Waals surface area contributed by atoms with Gasteiger partial charge >= 0.3 is 6.36 Å². The van der Waals surface area contributed by atoms with Gasteiger partial charge in [0.1, 0.15) is 11.5 Å². The Morgan fingerprint density at radius 3 is 2.67 bits per heavy atom. The second-order valence-corrected chi connectivity index (χ2v) is 6.76. The Bertz CT molecular complexity index is 982. The summed E-state index contributed by atoms with van der Waals surface area (Å²) in [6.07, 6.45) is -5.45. The number of hydrogen-bond donors (Lipinski definition) is 2. The van der Waals surface area contributed by atoms with Gasteiger partial charge in [0.05, 0.1) is 25.2 Å². The molecule has 3 rings (SSSR count). The molecule has 0 aromatic heterocycles. The molecule has 158 valence electrons. The van der Waals surface area contributed by atoms with E-state index in [0.29, 0.717) is 41.0 Å². The molecule has 1 atom stereocenters. The van der Waals surface area contributed by atoms with Gasteiger partial charge in [0.25, 0.3) is 0 Å². The number of carbonyl (C=O) groups is 1. The lowest BCUT2D eigenvalue weighted by Gasteiger charge is -2.20. The predicted molar refractivity (Wildman–Crippen MR) is 100 cm³/mol. The fourth-order valence-electron chi connectivity index (χ4n) is 3.48. The number of nitriles is 1. The van der Waals surface area contributed by atoms with E-state index in [9.17, 15) is 23.1 Å². The van der Waals surface area contributed by atoms with Crippen LogP contribution in [0.25, 0.3) is 11.1 Å². The number of nitrogens with zero attached hydrogens (tertiary/aromatic N) is 1. The van der Waals surface area contributed by atoms with Gasteiger partial charge in [-0.05, 0) is 34.9 Å². The van der Waals surface area contributed by atoms with Gasteiger partial charge in [0, 0.05) is 31.0 Å². The topological polar surface area (TPSA) is 91.6 Å². The van der Waals surface area contributed by atoms with Crippen molar-refractivity contribution in [3.8, 4) is 28.7 Å². The lowest BCUT2D eigenvalue weighted by Crippen LogP contribution is -2.21. The first-order valence-corrected chi connectivity index (χ1v) is 9.16. The third kappa shape index (κ3) is 4.83. The summed E-state index contributed by atoms with van der Waals surface area (Å²) < 4.78 is 46.9. The molecule has 0 unspecified atom stereocenters. The number of halogens is 3. The van der Waals surface area contributed by atoms with Crippen molar-refractivity contribution in [2.75, 3.05) is 6.61 Å². The van der Waals surface area contributed by atoms with Crippen molar-refractivity contribution in [1.29, 1.82) is 5.26 Å². The minimum absolute atomic E-state index is 0.123. The number of nitrogens with one attached hydrogen (secondary N) is 1. The van der Waals surface area contributed by atoms with Crippen LogP contribution in [-0.2, 0) is 17.8 Å². The molecule has 30 heavy (non-hydrogen) atoms. The van der Waals surface area contributed by atoms with Gasteiger partial charge in [-0.3, -0.25) is 4.79 Å². The highest BCUT2D eigenvalue weighted by Crippen LogP contribution is 2.43. The Morgan fingerprint density at radius 1 is 1.37 bits per heavy atom. The zero-order valence-corrected chi connectivity index (χ0v) is 16.0. The molecule has 1 heterocycles. The Labute approximate surface area is 170 Å². The van der Waals surface area contributed by atoms with Gasteiger partial charge in [0.15, 0.2) is 0 Å². The summed E-state index contributed by atoms with van der Waals surface area (Å²) in [7, 11) is 0. The zero-order valence-electron chi connectivity index (χ0n) is 16.0. The number of aliphatic hydroxyl groups excluding tert-OH is 1. The molecule has 2 aromatic carbocycles. The molecule has 2 N–H and O–H groups in total. The van der Waals surface area contributed by atoms with Crippen molar-refractivity contribution in [2.45, 2.75) is 38.8 Å². The lowest BCUT2D eigenvalue weighted by molar-refractivity contribution is -0.274. The smallest absolute Gasteiger partial charge is 0.492 e. The average molecular weight is 420 g/mol. The van der Waals surface area contributed by atoms with Gasteiger partial charge in [-0.15, -0.1) is 13.2 Å². The van der Waals surface area contributed by atoms with Gasteiger partial charge in [-0.2, -0.15) is 5.26 Å². The van der Waals surface area contributed by atoms with E-state index in [0.717, 1.165) is 5.56 Å². The van der Waals surface area contributed by atoms with E-state index in [-0.39, 0.29) is 24.6 Å². The SMILES string of the molecule is CC(=O)NCc1cc(-c2ccc(OC(F)(F)F)cc2)c2c(c1[C@H](O)CC#N)CCO2. The van der Waals surface area contributed by atoms with Crippen LogP contribution < -0.4 is 14.8 Å². The van der Waals surface area contributed by atoms with Crippen molar-refractivity contribution in [3.05, 3.63) is 47.0 Å². The Hall–Kier alpha value is -3.25. The molecule has 9 heteroatoms. The van der Waals surface area contributed by atoms with Crippen LogP contribution in [0.5, 0.6) is 11.5 Å². The highest BCUT2D eigenvalue weighted by Gasteiger charge is 2.31. The maximum absolute atomic E-state index is 12.4. The molecule has 0 radical (unpaired) electrons. The third-order valence-corrected chi connectivity index (χ3v) is 4.65. The molecule has 1 amide bonds. The monoisotopic (exact) mass is 420 g/mol. The molecule has 6 nitrogen and oxygen atoms in total. The van der Waals surface area contributed by atoms with E-state index in [1.54, 1.807) is 6.07 Å². The van der Waals surface area contributed by atoms with Gasteiger partial charge < -0.3 is 19.9 Å². The maximum atomic E-state index is 12.4. The van der Waals surface area contributed by atoms with Crippen molar-refractivity contribution < 1.29 is 32.5 Å². The summed E-state index contributed by atoms with van der Waals surface area (Å²) in [5.74, 6) is -0.0934. The minimum atomic E-state index is -4.78. The normalized spacial score (nSPS) is 13.7. The molecular formula is C21H19F3N2O4. The molecule has 2 aromatic rings. The number of fused-ring (bicyclic) bond motifs is 1. The molecular weight excluding hydrogens is 401 g/mol. The quantitative estimate of drug-likeness (QED) is 0.742. The van der Waals surface area contributed by atoms with Crippen LogP contribution in [-0.4, -0.2) is 24.0 Å². The number of rotatable bonds is 6. The van der Waals surface area contributed by atoms with Crippen LogP contribution in [0.2, 0.25) is 0 Å². The summed E-state index contributed by atoms with van der Waals surface area (Å²) in [4.78, 5) is 11.4. The summed E-state index contributed by atoms with van der Waals surface area (Å²) in [5.41, 5.74) is 3.09. The summed E-state index contributed by atoms with van der Waals surface area (Å²) in [5, 5.41) is 22.2. The summed E-state index contributed by atoms with van der Waals surface area (Å²) in [6.45, 7) is 1.86. The first-order valence-electron chi connectivity index (χ1n) is 9.16. The first-order chi connectivity index (χ1) is 14.2. The van der Waals surface area contributed by atoms with Crippen molar-refractivity contribution >= 4 is 5.91 Å². The molecule has 0 fully saturated rings. The second kappa shape index (κ2) is 8.63. The number of benzene rings is 2. The van der Waals surface area contributed by atoms with Crippen LogP contribution >= 0.6 is 0 Å². The first kappa shape index (κ1) is 21.5. The van der Waals surface area contributed by atoms with Crippen molar-refractivity contribution in [3.63, 3.8) is 0 Å². The fourth-order valence-corrected chi connectivity index (χ4v) is 3.48. The van der Waals surface area contributed by atoms with Gasteiger partial charge in [-0.1, -0.05) is 12.1 Å². The second-order valence-electron chi connectivity index (χ2n) is 6.76. The molecule has 0 spiro atoms. The zero-order chi connectivity index (χ0) is 21.9. The number of alkyl halides is 3. The van der Waals surface area contributed by atoms with Gasteiger partial charge in [0.2, 0.25) is 5.91 Å². The minimum Gasteiger partial charge on any atom is -0.492 e. The van der Waals surface area contributed by atoms with E-state index in [4.69, 9.17) is 10.00 Å². The molecule has 0 aliphatic carbocycles. The molecule has 1 aliphatic heterocycles. The number of aliphatic hydroxyl groups is 1. The molecule has 1 aliphatic rings. The molecule has 0 bridgehead atoms. The van der Waals surface area contributed by atoms with Crippen LogP contribution in [0.3, 0.4) is 0 Å². The molecule has 0 saturated carbocycles. The standard InChI is InChI=1S/C21H19F3N2O4/c1-12(27)26-11-14-10-17(13-2-4-15(5-3-13)30-21(22,23)24)20-16(7-9-29-20)19(14)18(28)6-8-25/h2-5,10,18,28H,6-7,9,11H2,1H3,(H,26,27)/t18-/m1/s1. The van der Waals surface area contributed by atoms with E-state index < -0.39 is 12.5 Å². The summed E-state index contributed by atoms with van der Waals surface area (Å²) >= 11 is 0. The largest absolute Gasteiger partial charge is 0.573 e. The van der Waals surface area contributed by atoms with Crippen LogP contribution in [0.4, 0.5) is 13.2 Å². The van der Waals surface area contributed by atoms with Crippen LogP contribution in [0, 0.1) is 11.3 Å². The lowest BCUT2D eigenvalue weighted by atomic mass is 9.88. The van der Waals surface area contributed by atoms with E-state index in [2.05, 4.69) is 10.1 Å². The van der Waals surface area contributed by atoms with Crippen LogP contribution in [0.15, 0.2) is 30.3 Å². The highest BCUT2D eigenvalue weighted by molar-refractivity contribution is 5.77. The number of ether oxygens (including phenoxy) is 2. The van der Waals surface area contributed by atoms with E-state index in [1.165, 1.54) is 31.2 Å². The van der Waals surface area contributed by atoms with E-state index in [1.807, 2.05) is 6.07 Å². The Kier molecular flexibility index (Phi) is 6.17. The average Bonchev–Trinajstić information content (AvgIpc) is 3.14. The Morgan fingerprint density at radius 2 is 2.07 bits per heavy atom. The third-order valence-electron chi connectivity index (χ3n) is 4.65. The van der Waals surface area contributed by atoms with Crippen LogP contribution in [0.1, 0.15) is 36.1 Å². The maximum Gasteiger partial charge on any atom is 0.573 e.